The molecule has 2 rings (SSSR count). The number of hydrogen-bond acceptors (Lipinski definition) is 6. The summed E-state index contributed by atoms with van der Waals surface area (Å²) in [7, 11) is 0. The molecule has 2 heterocycles. The average molecular weight is 254 g/mol. The Hall–Kier alpha value is -2.03. The van der Waals surface area contributed by atoms with Gasteiger partial charge < -0.3 is 20.3 Å². The lowest BCUT2D eigenvalue weighted by atomic mass is 10.2. The summed E-state index contributed by atoms with van der Waals surface area (Å²) in [6.45, 7) is 4.08. The summed E-state index contributed by atoms with van der Waals surface area (Å²) in [5.74, 6) is -0.597. The molecule has 0 bridgehead atoms. The quantitative estimate of drug-likeness (QED) is 0.548. The monoisotopic (exact) mass is 254 g/mol. The molecule has 1 amide bonds. The summed E-state index contributed by atoms with van der Waals surface area (Å²) in [6.07, 6.45) is 1.20. The van der Waals surface area contributed by atoms with Crippen molar-refractivity contribution in [1.82, 2.24) is 25.0 Å². The molecule has 1 aliphatic heterocycles. The minimum atomic E-state index is -0.686. The van der Waals surface area contributed by atoms with Gasteiger partial charge in [-0.3, -0.25) is 4.79 Å². The maximum atomic E-state index is 12.0. The minimum Gasteiger partial charge on any atom is -0.390 e. The maximum Gasteiger partial charge on any atom is 0.490 e. The lowest BCUT2D eigenvalue weighted by Gasteiger charge is -2.33. The molecule has 0 radical (unpaired) electrons. The van der Waals surface area contributed by atoms with Crippen LogP contribution in [0.1, 0.15) is 6.92 Å². The van der Waals surface area contributed by atoms with Crippen molar-refractivity contribution in [2.75, 3.05) is 19.6 Å². The first-order valence-corrected chi connectivity index (χ1v) is 5.62. The van der Waals surface area contributed by atoms with Gasteiger partial charge in [0.15, 0.2) is 0 Å². The fourth-order valence-electron chi connectivity index (χ4n) is 1.89. The van der Waals surface area contributed by atoms with E-state index in [4.69, 9.17) is 0 Å². The largest absolute Gasteiger partial charge is 0.490 e. The molecule has 1 aromatic heterocycles. The van der Waals surface area contributed by atoms with E-state index in [0.29, 0.717) is 6.54 Å². The Balaban J connectivity index is 1.99. The van der Waals surface area contributed by atoms with Crippen molar-refractivity contribution < 1.29 is 9.72 Å². The highest BCUT2D eigenvalue weighted by atomic mass is 16.6. The SMILES string of the molecule is C[C@H]1CNCCN1C(=O)Cn1cnc([N+](=O)[O-])n1. The number of nitro groups is 1. The fraction of sp³-hybridized carbons (Fsp3) is 0.667. The van der Waals surface area contributed by atoms with E-state index in [1.54, 1.807) is 4.90 Å². The van der Waals surface area contributed by atoms with E-state index in [9.17, 15) is 14.9 Å². The van der Waals surface area contributed by atoms with Gasteiger partial charge in [0.1, 0.15) is 6.54 Å². The van der Waals surface area contributed by atoms with Gasteiger partial charge in [0.05, 0.1) is 0 Å². The third-order valence-electron chi connectivity index (χ3n) is 2.81. The molecule has 1 aromatic rings. The van der Waals surface area contributed by atoms with E-state index < -0.39 is 10.9 Å². The van der Waals surface area contributed by atoms with E-state index in [1.165, 1.54) is 11.0 Å². The van der Waals surface area contributed by atoms with Crippen molar-refractivity contribution in [2.24, 2.45) is 0 Å². The summed E-state index contributed by atoms with van der Waals surface area (Å²) < 4.78 is 1.19. The zero-order valence-electron chi connectivity index (χ0n) is 9.94. The fourth-order valence-corrected chi connectivity index (χ4v) is 1.89. The number of rotatable bonds is 3. The van der Waals surface area contributed by atoms with Gasteiger partial charge in [-0.1, -0.05) is 4.98 Å². The molecule has 0 spiro atoms. The molecular weight excluding hydrogens is 240 g/mol. The Labute approximate surface area is 103 Å². The van der Waals surface area contributed by atoms with Gasteiger partial charge >= 0.3 is 5.95 Å². The highest BCUT2D eigenvalue weighted by Gasteiger charge is 2.24. The number of carbonyl (C=O) groups is 1. The van der Waals surface area contributed by atoms with Crippen LogP contribution in [-0.2, 0) is 11.3 Å². The number of amides is 1. The number of hydrogen-bond donors (Lipinski definition) is 1. The van der Waals surface area contributed by atoms with Crippen LogP contribution >= 0.6 is 0 Å². The zero-order valence-corrected chi connectivity index (χ0v) is 9.94. The summed E-state index contributed by atoms with van der Waals surface area (Å²) in [4.78, 5) is 27.0. The molecule has 1 N–H and O–H groups in total. The third kappa shape index (κ3) is 2.62. The molecule has 1 aliphatic rings. The van der Waals surface area contributed by atoms with Crippen LogP contribution in [0.15, 0.2) is 6.33 Å². The minimum absolute atomic E-state index is 0.0226. The maximum absolute atomic E-state index is 12.0. The number of piperazine rings is 1. The van der Waals surface area contributed by atoms with Crippen molar-refractivity contribution in [2.45, 2.75) is 19.5 Å². The van der Waals surface area contributed by atoms with Gasteiger partial charge in [-0.25, -0.2) is 0 Å². The molecule has 0 aromatic carbocycles. The molecule has 0 saturated carbocycles. The van der Waals surface area contributed by atoms with Gasteiger partial charge in [0.25, 0.3) is 0 Å². The van der Waals surface area contributed by atoms with E-state index in [1.807, 2.05) is 6.92 Å². The molecule has 18 heavy (non-hydrogen) atoms. The second kappa shape index (κ2) is 5.08. The van der Waals surface area contributed by atoms with Crippen LogP contribution in [0.2, 0.25) is 0 Å². The molecule has 9 nitrogen and oxygen atoms in total. The van der Waals surface area contributed by atoms with Crippen LogP contribution in [0.5, 0.6) is 0 Å². The van der Waals surface area contributed by atoms with Gasteiger partial charge in [0, 0.05) is 30.8 Å². The first-order chi connectivity index (χ1) is 8.58. The topological polar surface area (TPSA) is 106 Å². The number of carbonyl (C=O) groups excluding carboxylic acids is 1. The standard InChI is InChI=1S/C9H14N6O3/c1-7-4-10-2-3-14(7)8(16)5-13-6-11-9(12-13)15(17)18/h6-7,10H,2-5H2,1H3/t7-/m0/s1. The predicted octanol–water partition coefficient (Wildman–Crippen LogP) is -0.993. The van der Waals surface area contributed by atoms with Gasteiger partial charge in [-0.15, -0.1) is 0 Å². The summed E-state index contributed by atoms with van der Waals surface area (Å²) in [5.41, 5.74) is 0. The van der Waals surface area contributed by atoms with Crippen LogP contribution in [-0.4, -0.2) is 56.2 Å². The van der Waals surface area contributed by atoms with Crippen molar-refractivity contribution in [3.8, 4) is 0 Å². The Morgan fingerprint density at radius 2 is 2.50 bits per heavy atom. The van der Waals surface area contributed by atoms with E-state index in [0.717, 1.165) is 13.1 Å². The highest BCUT2D eigenvalue weighted by molar-refractivity contribution is 5.76. The normalized spacial score (nSPS) is 19.8. The smallest absolute Gasteiger partial charge is 0.390 e. The zero-order chi connectivity index (χ0) is 13.1. The molecule has 0 aliphatic carbocycles. The van der Waals surface area contributed by atoms with Crippen LogP contribution < -0.4 is 5.32 Å². The lowest BCUT2D eigenvalue weighted by molar-refractivity contribution is -0.394. The van der Waals surface area contributed by atoms with E-state index in [2.05, 4.69) is 15.4 Å². The lowest BCUT2D eigenvalue weighted by Crippen LogP contribution is -2.53. The Morgan fingerprint density at radius 3 is 3.11 bits per heavy atom. The van der Waals surface area contributed by atoms with Gasteiger partial charge in [-0.2, -0.15) is 4.68 Å². The van der Waals surface area contributed by atoms with Crippen LogP contribution in [0, 0.1) is 10.1 Å². The molecule has 98 valence electrons. The third-order valence-corrected chi connectivity index (χ3v) is 2.81. The predicted molar refractivity (Wildman–Crippen MR) is 60.7 cm³/mol. The Kier molecular flexibility index (Phi) is 3.51. The number of nitrogens with one attached hydrogen (secondary N) is 1. The Bertz CT molecular complexity index is 459. The first-order valence-electron chi connectivity index (χ1n) is 5.62. The second-order valence-electron chi connectivity index (χ2n) is 4.14. The van der Waals surface area contributed by atoms with Crippen molar-refractivity contribution in [3.63, 3.8) is 0 Å². The van der Waals surface area contributed by atoms with Crippen molar-refractivity contribution in [1.29, 1.82) is 0 Å². The van der Waals surface area contributed by atoms with Gasteiger partial charge in [-0.05, 0) is 11.8 Å². The van der Waals surface area contributed by atoms with Crippen molar-refractivity contribution >= 4 is 11.9 Å². The first kappa shape index (κ1) is 12.4. The van der Waals surface area contributed by atoms with Crippen LogP contribution in [0.4, 0.5) is 5.95 Å². The number of nitrogens with zero attached hydrogens (tertiary/aromatic N) is 5. The van der Waals surface area contributed by atoms with E-state index in [-0.39, 0.29) is 18.5 Å². The second-order valence-corrected chi connectivity index (χ2v) is 4.14. The van der Waals surface area contributed by atoms with Crippen molar-refractivity contribution in [3.05, 3.63) is 16.4 Å². The van der Waals surface area contributed by atoms with Gasteiger partial charge in [0.2, 0.25) is 12.2 Å². The summed E-state index contributed by atoms with van der Waals surface area (Å²) >= 11 is 0. The Morgan fingerprint density at radius 1 is 1.72 bits per heavy atom. The molecule has 1 saturated heterocycles. The summed E-state index contributed by atoms with van der Waals surface area (Å²) in [5, 5.41) is 17.2. The summed E-state index contributed by atoms with van der Waals surface area (Å²) in [6, 6.07) is 0.116. The van der Waals surface area contributed by atoms with Crippen LogP contribution in [0.25, 0.3) is 0 Å². The number of aromatic nitrogens is 3. The molecular formula is C9H14N6O3. The van der Waals surface area contributed by atoms with E-state index >= 15 is 0 Å². The molecule has 0 unspecified atom stereocenters. The molecule has 9 heteroatoms. The van der Waals surface area contributed by atoms with Crippen LogP contribution in [0.3, 0.4) is 0 Å². The highest BCUT2D eigenvalue weighted by Crippen LogP contribution is 2.05. The average Bonchev–Trinajstić information content (AvgIpc) is 2.78. The molecule has 1 fully saturated rings. The molecule has 1 atom stereocenters.